The molecule has 4 nitrogen and oxygen atoms in total. The van der Waals surface area contributed by atoms with E-state index in [0.717, 1.165) is 23.6 Å². The van der Waals surface area contributed by atoms with Crippen LogP contribution in [-0.4, -0.2) is 47.4 Å². The second kappa shape index (κ2) is 7.19. The number of aromatic nitrogens is 1. The summed E-state index contributed by atoms with van der Waals surface area (Å²) in [5.41, 5.74) is 1.02. The highest BCUT2D eigenvalue weighted by atomic mass is 32.1. The summed E-state index contributed by atoms with van der Waals surface area (Å²) in [6.45, 7) is 9.19. The summed E-state index contributed by atoms with van der Waals surface area (Å²) in [6, 6.07) is 8.16. The lowest BCUT2D eigenvalue weighted by Gasteiger charge is -2.35. The number of amides is 1. The number of rotatable bonds is 4. The highest BCUT2D eigenvalue weighted by Crippen LogP contribution is 2.29. The second-order valence-electron chi connectivity index (χ2n) is 7.34. The Labute approximate surface area is 148 Å². The number of hydrogen-bond acceptors (Lipinski definition) is 4. The fourth-order valence-corrected chi connectivity index (χ4v) is 4.74. The van der Waals surface area contributed by atoms with E-state index in [0.29, 0.717) is 18.4 Å². The Bertz CT molecular complexity index is 670. The average Bonchev–Trinajstić information content (AvgIpc) is 2.96. The van der Waals surface area contributed by atoms with E-state index in [1.165, 1.54) is 11.1 Å². The lowest BCUT2D eigenvalue weighted by Crippen LogP contribution is -2.45. The van der Waals surface area contributed by atoms with E-state index in [1.54, 1.807) is 11.3 Å². The molecule has 1 aliphatic rings. The first-order valence-electron chi connectivity index (χ1n) is 8.77. The minimum absolute atomic E-state index is 0.00883. The van der Waals surface area contributed by atoms with Crippen molar-refractivity contribution >= 4 is 27.5 Å². The van der Waals surface area contributed by atoms with Crippen molar-refractivity contribution in [3.8, 4) is 0 Å². The van der Waals surface area contributed by atoms with Crippen LogP contribution in [0.25, 0.3) is 10.2 Å². The van der Waals surface area contributed by atoms with Gasteiger partial charge in [0.05, 0.1) is 22.8 Å². The van der Waals surface area contributed by atoms with Crippen molar-refractivity contribution in [3.63, 3.8) is 0 Å². The Hall–Kier alpha value is -1.46. The number of para-hydroxylation sites is 1. The van der Waals surface area contributed by atoms with Crippen molar-refractivity contribution in [2.75, 3.05) is 26.7 Å². The van der Waals surface area contributed by atoms with Crippen molar-refractivity contribution < 1.29 is 4.79 Å². The van der Waals surface area contributed by atoms with Gasteiger partial charge in [-0.05, 0) is 37.3 Å². The van der Waals surface area contributed by atoms with Gasteiger partial charge in [0.1, 0.15) is 5.01 Å². The zero-order valence-corrected chi connectivity index (χ0v) is 15.8. The number of likely N-dealkylation sites (N-methyl/N-ethyl adjacent to an activating group) is 1. The van der Waals surface area contributed by atoms with Crippen LogP contribution in [0.4, 0.5) is 0 Å². The number of hydrogen-bond donors (Lipinski definition) is 0. The monoisotopic (exact) mass is 345 g/mol. The summed E-state index contributed by atoms with van der Waals surface area (Å²) in [5.74, 6) is 1.53. The molecule has 1 fully saturated rings. The molecule has 3 rings (SSSR count). The lowest BCUT2D eigenvalue weighted by molar-refractivity contribution is -0.133. The van der Waals surface area contributed by atoms with E-state index in [-0.39, 0.29) is 11.9 Å². The van der Waals surface area contributed by atoms with Crippen LogP contribution in [-0.2, 0) is 4.79 Å². The smallest absolute Gasteiger partial charge is 0.237 e. The molecule has 1 amide bonds. The predicted octanol–water partition coefficient (Wildman–Crippen LogP) is 3.79. The molecule has 1 aliphatic heterocycles. The Morgan fingerprint density at radius 3 is 2.67 bits per heavy atom. The third-order valence-electron chi connectivity index (χ3n) is 4.95. The molecule has 0 unspecified atom stereocenters. The molecule has 0 spiro atoms. The van der Waals surface area contributed by atoms with E-state index in [2.05, 4.69) is 31.7 Å². The molecule has 0 aliphatic carbocycles. The topological polar surface area (TPSA) is 36.4 Å². The van der Waals surface area contributed by atoms with Gasteiger partial charge in [-0.15, -0.1) is 11.3 Å². The first kappa shape index (κ1) is 17.4. The number of piperidine rings is 1. The Morgan fingerprint density at radius 1 is 1.33 bits per heavy atom. The first-order chi connectivity index (χ1) is 11.4. The summed E-state index contributed by atoms with van der Waals surface area (Å²) in [4.78, 5) is 21.6. The highest BCUT2D eigenvalue weighted by molar-refractivity contribution is 7.18. The zero-order valence-electron chi connectivity index (χ0n) is 15.0. The average molecular weight is 346 g/mol. The zero-order chi connectivity index (χ0) is 17.3. The van der Waals surface area contributed by atoms with Crippen LogP contribution < -0.4 is 0 Å². The SMILES string of the molecule is C[C@@H]1C[C@@H](C)CN(CC(=O)N(C)[C@@H](C)c2nc3ccccc3s2)C1. The molecule has 1 aromatic carbocycles. The molecule has 3 atom stereocenters. The molecule has 2 heterocycles. The van der Waals surface area contributed by atoms with Gasteiger partial charge in [-0.2, -0.15) is 0 Å². The summed E-state index contributed by atoms with van der Waals surface area (Å²) in [7, 11) is 1.90. The highest BCUT2D eigenvalue weighted by Gasteiger charge is 2.26. The quantitative estimate of drug-likeness (QED) is 0.846. The summed E-state index contributed by atoms with van der Waals surface area (Å²) in [5, 5.41) is 1.01. The second-order valence-corrected chi connectivity index (χ2v) is 8.40. The summed E-state index contributed by atoms with van der Waals surface area (Å²) in [6.07, 6.45) is 1.27. The minimum Gasteiger partial charge on any atom is -0.335 e. The maximum Gasteiger partial charge on any atom is 0.237 e. The number of carbonyl (C=O) groups excluding carboxylic acids is 1. The number of carbonyl (C=O) groups is 1. The van der Waals surface area contributed by atoms with Gasteiger partial charge in [-0.3, -0.25) is 9.69 Å². The molecule has 0 radical (unpaired) electrons. The normalized spacial score (nSPS) is 23.3. The van der Waals surface area contributed by atoms with Crippen LogP contribution in [0, 0.1) is 11.8 Å². The van der Waals surface area contributed by atoms with Gasteiger partial charge in [0.25, 0.3) is 0 Å². The van der Waals surface area contributed by atoms with Crippen molar-refractivity contribution in [1.29, 1.82) is 0 Å². The molecular formula is C19H27N3OS. The van der Waals surface area contributed by atoms with Crippen molar-refractivity contribution in [2.24, 2.45) is 11.8 Å². The molecule has 0 saturated carbocycles. The van der Waals surface area contributed by atoms with Gasteiger partial charge < -0.3 is 4.90 Å². The van der Waals surface area contributed by atoms with Gasteiger partial charge >= 0.3 is 0 Å². The van der Waals surface area contributed by atoms with Crippen LogP contribution >= 0.6 is 11.3 Å². The van der Waals surface area contributed by atoms with Crippen LogP contribution in [0.3, 0.4) is 0 Å². The molecule has 2 aromatic rings. The molecule has 1 aromatic heterocycles. The van der Waals surface area contributed by atoms with Crippen LogP contribution in [0.1, 0.15) is 38.2 Å². The number of thiazole rings is 1. The number of benzene rings is 1. The van der Waals surface area contributed by atoms with Crippen molar-refractivity contribution in [3.05, 3.63) is 29.3 Å². The summed E-state index contributed by atoms with van der Waals surface area (Å²) < 4.78 is 1.18. The van der Waals surface area contributed by atoms with Crippen LogP contribution in [0.5, 0.6) is 0 Å². The Kier molecular flexibility index (Phi) is 5.21. The number of nitrogens with zero attached hydrogens (tertiary/aromatic N) is 3. The first-order valence-corrected chi connectivity index (χ1v) is 9.59. The third-order valence-corrected chi connectivity index (χ3v) is 6.15. The van der Waals surface area contributed by atoms with Crippen LogP contribution in [0.2, 0.25) is 0 Å². The largest absolute Gasteiger partial charge is 0.335 e. The summed E-state index contributed by atoms with van der Waals surface area (Å²) >= 11 is 1.68. The van der Waals surface area contributed by atoms with Gasteiger partial charge in [0, 0.05) is 20.1 Å². The van der Waals surface area contributed by atoms with E-state index in [9.17, 15) is 4.79 Å². The molecule has 1 saturated heterocycles. The van der Waals surface area contributed by atoms with Crippen molar-refractivity contribution in [1.82, 2.24) is 14.8 Å². The van der Waals surface area contributed by atoms with E-state index in [4.69, 9.17) is 4.98 Å². The fourth-order valence-electron chi connectivity index (χ4n) is 3.67. The Balaban J connectivity index is 1.66. The van der Waals surface area contributed by atoms with E-state index in [1.807, 2.05) is 30.1 Å². The fraction of sp³-hybridized carbons (Fsp3) is 0.579. The maximum atomic E-state index is 12.7. The molecule has 130 valence electrons. The number of likely N-dealkylation sites (tertiary alicyclic amines) is 1. The van der Waals surface area contributed by atoms with E-state index < -0.39 is 0 Å². The standard InChI is InChI=1S/C19H27N3OS/c1-13-9-14(2)11-22(10-13)12-18(23)21(4)15(3)19-20-16-7-5-6-8-17(16)24-19/h5-8,13-15H,9-12H2,1-4H3/t13-,14-,15+/m1/s1. The molecule has 0 N–H and O–H groups in total. The van der Waals surface area contributed by atoms with Crippen LogP contribution in [0.15, 0.2) is 24.3 Å². The Morgan fingerprint density at radius 2 is 2.00 bits per heavy atom. The predicted molar refractivity (Wildman–Crippen MR) is 100 cm³/mol. The van der Waals surface area contributed by atoms with Crippen molar-refractivity contribution in [2.45, 2.75) is 33.2 Å². The third kappa shape index (κ3) is 3.78. The molecular weight excluding hydrogens is 318 g/mol. The van der Waals surface area contributed by atoms with Gasteiger partial charge in [0.2, 0.25) is 5.91 Å². The molecule has 24 heavy (non-hydrogen) atoms. The minimum atomic E-state index is 0.00883. The van der Waals surface area contributed by atoms with Gasteiger partial charge in [-0.25, -0.2) is 4.98 Å². The van der Waals surface area contributed by atoms with Gasteiger partial charge in [-0.1, -0.05) is 26.0 Å². The maximum absolute atomic E-state index is 12.7. The molecule has 0 bridgehead atoms. The lowest BCUT2D eigenvalue weighted by atomic mass is 9.92. The van der Waals surface area contributed by atoms with E-state index >= 15 is 0 Å². The molecule has 5 heteroatoms. The van der Waals surface area contributed by atoms with Gasteiger partial charge in [0.15, 0.2) is 0 Å². The number of fused-ring (bicyclic) bond motifs is 1.